The molecule has 1 aliphatic heterocycles. The number of aromatic nitrogens is 1. The van der Waals surface area contributed by atoms with Gasteiger partial charge in [-0.2, -0.15) is 0 Å². The smallest absolute Gasteiger partial charge is 0.246 e. The number of hydrogen-bond donors (Lipinski definition) is 1. The maximum Gasteiger partial charge on any atom is 0.246 e. The summed E-state index contributed by atoms with van der Waals surface area (Å²) in [5.41, 5.74) is 0.371. The monoisotopic (exact) mass is 331 g/mol. The van der Waals surface area contributed by atoms with E-state index in [4.69, 9.17) is 9.26 Å². The summed E-state index contributed by atoms with van der Waals surface area (Å²) >= 11 is 0. The highest BCUT2D eigenvalue weighted by atomic mass is 32.2. The van der Waals surface area contributed by atoms with E-state index in [0.717, 1.165) is 19.6 Å². The van der Waals surface area contributed by atoms with E-state index in [0.29, 0.717) is 24.0 Å². The van der Waals surface area contributed by atoms with Crippen LogP contribution in [0.25, 0.3) is 0 Å². The zero-order valence-corrected chi connectivity index (χ0v) is 14.4. The van der Waals surface area contributed by atoms with E-state index >= 15 is 0 Å². The summed E-state index contributed by atoms with van der Waals surface area (Å²) in [7, 11) is -3.62. The number of hydrogen-bond acceptors (Lipinski definition) is 6. The Hall–Kier alpha value is -0.960. The van der Waals surface area contributed by atoms with Crippen LogP contribution in [0.4, 0.5) is 0 Å². The molecule has 0 aromatic carbocycles. The van der Waals surface area contributed by atoms with Crippen molar-refractivity contribution in [3.05, 3.63) is 11.5 Å². The second-order valence-corrected chi connectivity index (χ2v) is 7.86. The van der Waals surface area contributed by atoms with Crippen molar-refractivity contribution in [2.45, 2.75) is 38.7 Å². The second kappa shape index (κ2) is 7.08. The first kappa shape index (κ1) is 17.4. The van der Waals surface area contributed by atoms with Gasteiger partial charge in [-0.05, 0) is 19.8 Å². The number of nitrogens with one attached hydrogen (secondary N) is 1. The average Bonchev–Trinajstić information content (AvgIpc) is 2.76. The summed E-state index contributed by atoms with van der Waals surface area (Å²) in [6, 6.07) is 0. The van der Waals surface area contributed by atoms with E-state index in [9.17, 15) is 8.42 Å². The molecular weight excluding hydrogens is 306 g/mol. The van der Waals surface area contributed by atoms with Crippen molar-refractivity contribution >= 4 is 10.0 Å². The van der Waals surface area contributed by atoms with Gasteiger partial charge in [0.05, 0.1) is 12.7 Å². The van der Waals surface area contributed by atoms with Gasteiger partial charge in [-0.15, -0.1) is 0 Å². The van der Waals surface area contributed by atoms with E-state index in [2.05, 4.69) is 28.6 Å². The second-order valence-electron chi connectivity index (χ2n) is 6.15. The largest absolute Gasteiger partial charge is 0.374 e. The third-order valence-corrected chi connectivity index (χ3v) is 5.25. The van der Waals surface area contributed by atoms with E-state index in [1.54, 1.807) is 13.8 Å². The number of ether oxygens (including phenoxy) is 1. The first-order valence-electron chi connectivity index (χ1n) is 7.56. The van der Waals surface area contributed by atoms with Gasteiger partial charge in [0.1, 0.15) is 10.6 Å². The third kappa shape index (κ3) is 4.28. The Morgan fingerprint density at radius 1 is 1.41 bits per heavy atom. The molecule has 0 saturated carbocycles. The molecule has 1 aliphatic rings. The maximum atomic E-state index is 12.4. The summed E-state index contributed by atoms with van der Waals surface area (Å²) in [5.74, 6) is 0.883. The minimum Gasteiger partial charge on any atom is -0.374 e. The minimum absolute atomic E-state index is 0.127. The first-order chi connectivity index (χ1) is 10.3. The van der Waals surface area contributed by atoms with Gasteiger partial charge in [-0.1, -0.05) is 19.0 Å². The fourth-order valence-electron chi connectivity index (χ4n) is 2.72. The van der Waals surface area contributed by atoms with Crippen LogP contribution >= 0.6 is 0 Å². The molecule has 1 aromatic heterocycles. The Morgan fingerprint density at radius 3 is 2.73 bits per heavy atom. The van der Waals surface area contributed by atoms with Crippen molar-refractivity contribution in [1.82, 2.24) is 14.8 Å². The van der Waals surface area contributed by atoms with Crippen LogP contribution in [0.1, 0.15) is 25.3 Å². The molecule has 0 unspecified atom stereocenters. The number of sulfonamides is 1. The van der Waals surface area contributed by atoms with E-state index in [-0.39, 0.29) is 17.5 Å². The average molecular weight is 331 g/mol. The maximum absolute atomic E-state index is 12.4. The van der Waals surface area contributed by atoms with Gasteiger partial charge in [-0.25, -0.2) is 13.1 Å². The third-order valence-electron chi connectivity index (χ3n) is 3.58. The van der Waals surface area contributed by atoms with Gasteiger partial charge in [0.2, 0.25) is 10.0 Å². The van der Waals surface area contributed by atoms with E-state index in [1.165, 1.54) is 0 Å². The van der Waals surface area contributed by atoms with Gasteiger partial charge >= 0.3 is 0 Å². The lowest BCUT2D eigenvalue weighted by Crippen LogP contribution is -2.48. The van der Waals surface area contributed by atoms with E-state index < -0.39 is 10.0 Å². The molecule has 8 heteroatoms. The Balaban J connectivity index is 1.95. The molecule has 1 atom stereocenters. The summed E-state index contributed by atoms with van der Waals surface area (Å²) in [5, 5.41) is 3.69. The lowest BCUT2D eigenvalue weighted by molar-refractivity contribution is -0.0280. The molecule has 1 aromatic rings. The molecule has 2 heterocycles. The summed E-state index contributed by atoms with van der Waals surface area (Å²) in [6.07, 6.45) is -0.136. The van der Waals surface area contributed by atoms with Crippen molar-refractivity contribution < 1.29 is 17.7 Å². The normalized spacial score (nSPS) is 20.7. The van der Waals surface area contributed by atoms with Crippen LogP contribution < -0.4 is 4.72 Å². The molecule has 126 valence electrons. The zero-order valence-electron chi connectivity index (χ0n) is 13.6. The Morgan fingerprint density at radius 2 is 2.14 bits per heavy atom. The first-order valence-corrected chi connectivity index (χ1v) is 9.04. The van der Waals surface area contributed by atoms with Crippen molar-refractivity contribution in [3.63, 3.8) is 0 Å². The molecule has 1 N–H and O–H groups in total. The SMILES string of the molecule is Cc1noc(C)c1S(=O)(=O)NC[C@H]1CN(CC(C)C)CCO1. The topological polar surface area (TPSA) is 84.7 Å². The highest BCUT2D eigenvalue weighted by molar-refractivity contribution is 7.89. The quantitative estimate of drug-likeness (QED) is 0.835. The molecule has 0 radical (unpaired) electrons. The summed E-state index contributed by atoms with van der Waals surface area (Å²) in [4.78, 5) is 2.44. The van der Waals surface area contributed by atoms with Gasteiger partial charge in [0, 0.05) is 26.2 Å². The molecule has 7 nitrogen and oxygen atoms in total. The molecule has 22 heavy (non-hydrogen) atoms. The minimum atomic E-state index is -3.62. The lowest BCUT2D eigenvalue weighted by Gasteiger charge is -2.33. The Kier molecular flexibility index (Phi) is 5.60. The Labute approximate surface area is 132 Å². The van der Waals surface area contributed by atoms with Crippen molar-refractivity contribution in [3.8, 4) is 0 Å². The van der Waals surface area contributed by atoms with Crippen molar-refractivity contribution in [2.75, 3.05) is 32.8 Å². The highest BCUT2D eigenvalue weighted by Crippen LogP contribution is 2.18. The molecule has 0 amide bonds. The van der Waals surface area contributed by atoms with Crippen LogP contribution in [-0.4, -0.2) is 57.4 Å². The van der Waals surface area contributed by atoms with Gasteiger partial charge < -0.3 is 9.26 Å². The van der Waals surface area contributed by atoms with Crippen LogP contribution in [0.2, 0.25) is 0 Å². The van der Waals surface area contributed by atoms with Gasteiger partial charge in [-0.3, -0.25) is 4.90 Å². The van der Waals surface area contributed by atoms with Crippen molar-refractivity contribution in [2.24, 2.45) is 5.92 Å². The molecule has 0 aliphatic carbocycles. The van der Waals surface area contributed by atoms with Crippen LogP contribution in [0.15, 0.2) is 9.42 Å². The standard InChI is InChI=1S/C14H25N3O4S/c1-10(2)8-17-5-6-20-13(9-17)7-15-22(18,19)14-11(3)16-21-12(14)4/h10,13,15H,5-9H2,1-4H3/t13-/m0/s1. The molecular formula is C14H25N3O4S. The number of morpholine rings is 1. The molecule has 1 saturated heterocycles. The predicted octanol–water partition coefficient (Wildman–Crippen LogP) is 0.927. The number of rotatable bonds is 6. The van der Waals surface area contributed by atoms with Gasteiger partial charge in [0.15, 0.2) is 5.76 Å². The van der Waals surface area contributed by atoms with Crippen LogP contribution in [0.5, 0.6) is 0 Å². The van der Waals surface area contributed by atoms with E-state index in [1.807, 2.05) is 0 Å². The Bertz CT molecular complexity index is 578. The molecule has 2 rings (SSSR count). The van der Waals surface area contributed by atoms with Crippen molar-refractivity contribution in [1.29, 1.82) is 0 Å². The van der Waals surface area contributed by atoms with Gasteiger partial charge in [0.25, 0.3) is 0 Å². The molecule has 0 bridgehead atoms. The highest BCUT2D eigenvalue weighted by Gasteiger charge is 2.27. The lowest BCUT2D eigenvalue weighted by atomic mass is 10.2. The van der Waals surface area contributed by atoms with Crippen LogP contribution in [0, 0.1) is 19.8 Å². The fraction of sp³-hybridized carbons (Fsp3) is 0.786. The fourth-order valence-corrected chi connectivity index (χ4v) is 4.11. The van der Waals surface area contributed by atoms with Crippen LogP contribution in [0.3, 0.4) is 0 Å². The predicted molar refractivity (Wildman–Crippen MR) is 82.2 cm³/mol. The summed E-state index contributed by atoms with van der Waals surface area (Å²) < 4.78 is 37.9. The molecule has 1 fully saturated rings. The molecule has 0 spiro atoms. The summed E-state index contributed by atoms with van der Waals surface area (Å²) in [6.45, 7) is 11.1. The number of aryl methyl sites for hydroxylation is 2. The number of nitrogens with zero attached hydrogens (tertiary/aromatic N) is 2. The van der Waals surface area contributed by atoms with Crippen LogP contribution in [-0.2, 0) is 14.8 Å². The zero-order chi connectivity index (χ0) is 16.3.